The van der Waals surface area contributed by atoms with Crippen molar-refractivity contribution in [3.8, 4) is 22.5 Å². The highest BCUT2D eigenvalue weighted by atomic mass is 35.5. The number of morpholine rings is 1. The van der Waals surface area contributed by atoms with E-state index in [4.69, 9.17) is 26.2 Å². The van der Waals surface area contributed by atoms with Gasteiger partial charge in [0.15, 0.2) is 0 Å². The molecule has 2 aromatic rings. The number of halogens is 1. The third kappa shape index (κ3) is 5.87. The maximum Gasteiger partial charge on any atom is 0.147 e. The summed E-state index contributed by atoms with van der Waals surface area (Å²) in [5.74, 6) is 0.836. The fourth-order valence-electron chi connectivity index (χ4n) is 4.98. The van der Waals surface area contributed by atoms with E-state index < -0.39 is 0 Å². The van der Waals surface area contributed by atoms with Gasteiger partial charge in [0.05, 0.1) is 24.5 Å². The Bertz CT molecular complexity index is 1430. The second-order valence-corrected chi connectivity index (χ2v) is 9.92. The lowest BCUT2D eigenvalue weighted by molar-refractivity contribution is -0.116. The standard InChI is InChI=1S/C30H32ClN3O3/c1-33(11-3-6-25(35)19-31)24-8-10-27-29(18-24)37-28-17-23(32)7-9-26(28)30(27)22-5-2-4-21(16-22)20-34-12-14-36-15-13-34/h2,4-5,7-10,16-18,32H,3,6,11-15,19-20H2,1H3. The molecule has 0 saturated carbocycles. The van der Waals surface area contributed by atoms with Crippen LogP contribution >= 0.6 is 11.6 Å². The van der Waals surface area contributed by atoms with E-state index in [1.807, 2.05) is 19.2 Å². The van der Waals surface area contributed by atoms with Crippen molar-refractivity contribution in [3.05, 3.63) is 71.6 Å². The van der Waals surface area contributed by atoms with Crippen molar-refractivity contribution < 1.29 is 13.9 Å². The third-order valence-electron chi connectivity index (χ3n) is 6.97. The van der Waals surface area contributed by atoms with Crippen molar-refractivity contribution in [2.75, 3.05) is 50.7 Å². The molecular weight excluding hydrogens is 486 g/mol. The fraction of sp³-hybridized carbons (Fsp3) is 0.333. The molecule has 0 atom stereocenters. The lowest BCUT2D eigenvalue weighted by atomic mass is 9.92. The number of ketones is 1. The summed E-state index contributed by atoms with van der Waals surface area (Å²) < 4.78 is 11.9. The van der Waals surface area contributed by atoms with Gasteiger partial charge >= 0.3 is 0 Å². The van der Waals surface area contributed by atoms with Gasteiger partial charge in [-0.25, -0.2) is 0 Å². The van der Waals surface area contributed by atoms with E-state index >= 15 is 0 Å². The fourth-order valence-corrected chi connectivity index (χ4v) is 5.11. The zero-order valence-corrected chi connectivity index (χ0v) is 21.9. The summed E-state index contributed by atoms with van der Waals surface area (Å²) in [6.07, 6.45) is 1.23. The number of hydrogen-bond donors (Lipinski definition) is 1. The van der Waals surface area contributed by atoms with Crippen molar-refractivity contribution in [1.29, 1.82) is 5.41 Å². The van der Waals surface area contributed by atoms with Crippen LogP contribution in [0, 0.1) is 5.41 Å². The van der Waals surface area contributed by atoms with Crippen LogP contribution < -0.4 is 10.3 Å². The lowest BCUT2D eigenvalue weighted by Gasteiger charge is -2.26. The predicted molar refractivity (Wildman–Crippen MR) is 148 cm³/mol. The molecule has 2 aromatic carbocycles. The first-order chi connectivity index (χ1) is 18.0. The molecule has 6 nitrogen and oxygen atoms in total. The van der Waals surface area contributed by atoms with Gasteiger partial charge in [0.25, 0.3) is 0 Å². The Balaban J connectivity index is 1.53. The van der Waals surface area contributed by atoms with Crippen molar-refractivity contribution in [3.63, 3.8) is 0 Å². The number of anilines is 1. The van der Waals surface area contributed by atoms with Crippen LogP contribution in [0.4, 0.5) is 5.69 Å². The van der Waals surface area contributed by atoms with E-state index in [2.05, 4.69) is 52.3 Å². The first-order valence-electron chi connectivity index (χ1n) is 12.8. The first kappa shape index (κ1) is 25.5. The number of benzene rings is 3. The van der Waals surface area contributed by atoms with Gasteiger partial charge in [-0.3, -0.25) is 9.69 Å². The molecule has 0 radical (unpaired) electrons. The molecule has 0 aromatic heterocycles. The lowest BCUT2D eigenvalue weighted by Crippen LogP contribution is -2.35. The summed E-state index contributed by atoms with van der Waals surface area (Å²) in [6, 6.07) is 20.6. The number of carbonyl (C=O) groups is 1. The van der Waals surface area contributed by atoms with Gasteiger partial charge in [0.2, 0.25) is 0 Å². The van der Waals surface area contributed by atoms with Crippen LogP contribution in [-0.4, -0.2) is 56.5 Å². The number of hydrogen-bond acceptors (Lipinski definition) is 6. The number of nitrogens with zero attached hydrogens (tertiary/aromatic N) is 2. The average Bonchev–Trinajstić information content (AvgIpc) is 2.91. The molecule has 0 unspecified atom stereocenters. The Hall–Kier alpha value is -3.19. The summed E-state index contributed by atoms with van der Waals surface area (Å²) in [4.78, 5) is 16.1. The number of carbonyl (C=O) groups excluding carboxylic acids is 1. The van der Waals surface area contributed by atoms with E-state index in [-0.39, 0.29) is 11.7 Å². The van der Waals surface area contributed by atoms with Crippen LogP contribution in [0.1, 0.15) is 18.4 Å². The molecule has 0 amide bonds. The maximum absolute atomic E-state index is 11.6. The smallest absolute Gasteiger partial charge is 0.147 e. The summed E-state index contributed by atoms with van der Waals surface area (Å²) in [5, 5.41) is 9.60. The summed E-state index contributed by atoms with van der Waals surface area (Å²) in [6.45, 7) is 5.10. The molecule has 2 aliphatic heterocycles. The highest BCUT2D eigenvalue weighted by Gasteiger charge is 2.19. The van der Waals surface area contributed by atoms with Gasteiger partial charge in [0.1, 0.15) is 17.1 Å². The normalized spacial score (nSPS) is 14.3. The predicted octanol–water partition coefficient (Wildman–Crippen LogP) is 5.54. The van der Waals surface area contributed by atoms with Gasteiger partial charge < -0.3 is 19.5 Å². The topological polar surface area (TPSA) is 69.8 Å². The zero-order chi connectivity index (χ0) is 25.8. The monoisotopic (exact) mass is 517 g/mol. The van der Waals surface area contributed by atoms with Crippen molar-refractivity contribution >= 4 is 34.0 Å². The molecule has 2 heterocycles. The van der Waals surface area contributed by atoms with Crippen LogP contribution in [0.5, 0.6) is 0 Å². The molecular formula is C30H32ClN3O3. The van der Waals surface area contributed by atoms with Gasteiger partial charge in [0, 0.05) is 74.0 Å². The molecule has 1 fully saturated rings. The first-order valence-corrected chi connectivity index (χ1v) is 13.3. The zero-order valence-electron chi connectivity index (χ0n) is 21.1. The summed E-state index contributed by atoms with van der Waals surface area (Å²) in [7, 11) is 2.02. The highest BCUT2D eigenvalue weighted by molar-refractivity contribution is 6.27. The van der Waals surface area contributed by atoms with Gasteiger partial charge in [-0.2, -0.15) is 0 Å². The minimum Gasteiger partial charge on any atom is -0.456 e. The van der Waals surface area contributed by atoms with Crippen LogP contribution in [0.15, 0.2) is 65.1 Å². The summed E-state index contributed by atoms with van der Waals surface area (Å²) in [5.41, 5.74) is 6.29. The highest BCUT2D eigenvalue weighted by Crippen LogP contribution is 2.41. The Morgan fingerprint density at radius 2 is 1.92 bits per heavy atom. The Morgan fingerprint density at radius 1 is 1.08 bits per heavy atom. The molecule has 0 spiro atoms. The molecule has 1 saturated heterocycles. The van der Waals surface area contributed by atoms with Crippen molar-refractivity contribution in [2.24, 2.45) is 0 Å². The van der Waals surface area contributed by atoms with Crippen LogP contribution in [0.25, 0.3) is 33.4 Å². The third-order valence-corrected chi connectivity index (χ3v) is 7.27. The Labute approximate surface area is 222 Å². The SMILES string of the molecule is CN(CCCC(=O)CCl)c1ccc2c(-c3cccc(CN4CCOCC4)c3)c3ccc(=N)cc-3oc2c1. The quantitative estimate of drug-likeness (QED) is 0.233. The van der Waals surface area contributed by atoms with Crippen LogP contribution in [0.2, 0.25) is 0 Å². The minimum absolute atomic E-state index is 0.0695. The largest absolute Gasteiger partial charge is 0.456 e. The molecule has 1 N–H and O–H groups in total. The second-order valence-electron chi connectivity index (χ2n) is 9.65. The number of Topliss-reactive ketones (excluding diaryl/α,β-unsaturated/α-hetero) is 1. The Morgan fingerprint density at radius 3 is 2.73 bits per heavy atom. The van der Waals surface area contributed by atoms with E-state index in [9.17, 15) is 4.79 Å². The molecule has 0 bridgehead atoms. The average molecular weight is 518 g/mol. The van der Waals surface area contributed by atoms with E-state index in [1.165, 1.54) is 5.56 Å². The number of nitrogens with one attached hydrogen (secondary N) is 1. The van der Waals surface area contributed by atoms with Gasteiger partial charge in [-0.1, -0.05) is 18.2 Å². The van der Waals surface area contributed by atoms with Gasteiger partial charge in [-0.05, 0) is 47.9 Å². The minimum atomic E-state index is 0.0695. The second kappa shape index (κ2) is 11.5. The van der Waals surface area contributed by atoms with Gasteiger partial charge in [-0.15, -0.1) is 11.6 Å². The van der Waals surface area contributed by atoms with Crippen molar-refractivity contribution in [2.45, 2.75) is 19.4 Å². The Kier molecular flexibility index (Phi) is 7.89. The number of ether oxygens (including phenoxy) is 1. The van der Waals surface area contributed by atoms with E-state index in [1.54, 1.807) is 6.07 Å². The number of rotatable bonds is 9. The van der Waals surface area contributed by atoms with Crippen molar-refractivity contribution in [1.82, 2.24) is 4.90 Å². The molecule has 1 aliphatic carbocycles. The molecule has 192 valence electrons. The van der Waals surface area contributed by atoms with E-state index in [0.29, 0.717) is 17.5 Å². The summed E-state index contributed by atoms with van der Waals surface area (Å²) >= 11 is 5.64. The molecule has 37 heavy (non-hydrogen) atoms. The molecule has 3 aliphatic rings. The maximum atomic E-state index is 11.6. The van der Waals surface area contributed by atoms with Crippen LogP contribution in [0.3, 0.4) is 0 Å². The number of fused-ring (bicyclic) bond motifs is 2. The van der Waals surface area contributed by atoms with Crippen LogP contribution in [-0.2, 0) is 16.1 Å². The van der Waals surface area contributed by atoms with E-state index in [0.717, 1.165) is 79.2 Å². The molecule has 7 heteroatoms. The number of alkyl halides is 1. The molecule has 5 rings (SSSR count).